The number of amides is 1. The molecule has 0 saturated carbocycles. The molecular weight excluding hydrogens is 252 g/mol. The Kier molecular flexibility index (Phi) is 4.53. The number of H-pyrrole nitrogens is 1. The third-order valence-corrected chi connectivity index (χ3v) is 3.52. The number of nitrogens with one attached hydrogen (secondary N) is 2. The van der Waals surface area contributed by atoms with Crippen molar-refractivity contribution in [1.82, 2.24) is 10.2 Å². The lowest BCUT2D eigenvalue weighted by Gasteiger charge is -2.17. The Morgan fingerprint density at radius 2 is 2.05 bits per heavy atom. The largest absolute Gasteiger partial charge is 0.325 e. The molecule has 0 bridgehead atoms. The van der Waals surface area contributed by atoms with Gasteiger partial charge in [-0.3, -0.25) is 9.89 Å². The predicted octanol–water partition coefficient (Wildman–Crippen LogP) is 2.39. The summed E-state index contributed by atoms with van der Waals surface area (Å²) in [6.07, 6.45) is 2.59. The molecule has 5 heteroatoms. The van der Waals surface area contributed by atoms with Gasteiger partial charge in [0.15, 0.2) is 0 Å². The molecule has 1 aromatic carbocycles. The summed E-state index contributed by atoms with van der Waals surface area (Å²) in [5, 5.41) is 9.65. The van der Waals surface area contributed by atoms with Crippen molar-refractivity contribution in [2.24, 2.45) is 11.7 Å². The molecule has 1 aromatic heterocycles. The van der Waals surface area contributed by atoms with Crippen molar-refractivity contribution in [3.8, 4) is 11.3 Å². The quantitative estimate of drug-likeness (QED) is 0.781. The smallest absolute Gasteiger partial charge is 0.241 e. The Morgan fingerprint density at radius 3 is 2.60 bits per heavy atom. The second kappa shape index (κ2) is 6.34. The normalized spacial score (nSPS) is 13.8. The number of aromatic amines is 1. The van der Waals surface area contributed by atoms with Crippen LogP contribution in [-0.4, -0.2) is 22.1 Å². The highest BCUT2D eigenvalue weighted by molar-refractivity contribution is 5.95. The minimum absolute atomic E-state index is 0.145. The van der Waals surface area contributed by atoms with E-state index in [1.54, 1.807) is 6.20 Å². The van der Waals surface area contributed by atoms with E-state index in [0.717, 1.165) is 23.4 Å². The molecular formula is C15H20N4O. The summed E-state index contributed by atoms with van der Waals surface area (Å²) in [5.74, 6) is 0.0212. The lowest BCUT2D eigenvalue weighted by molar-refractivity contribution is -0.118. The standard InChI is InChI=1S/C15H20N4O/c1-3-10(2)14(16)15(20)18-12-6-4-11(5-7-12)13-8-9-17-19-13/h4-10,14H,3,16H2,1-2H3,(H,17,19)(H,18,20). The van der Waals surface area contributed by atoms with E-state index in [0.29, 0.717) is 0 Å². The molecule has 5 nitrogen and oxygen atoms in total. The second-order valence-corrected chi connectivity index (χ2v) is 4.95. The number of carbonyl (C=O) groups is 1. The molecule has 20 heavy (non-hydrogen) atoms. The maximum absolute atomic E-state index is 12.0. The maximum atomic E-state index is 12.0. The van der Waals surface area contributed by atoms with Gasteiger partial charge in [0.05, 0.1) is 11.7 Å². The van der Waals surface area contributed by atoms with Crippen LogP contribution in [0.2, 0.25) is 0 Å². The van der Waals surface area contributed by atoms with E-state index < -0.39 is 6.04 Å². The molecule has 2 unspecified atom stereocenters. The first-order valence-electron chi connectivity index (χ1n) is 6.78. The summed E-state index contributed by atoms with van der Waals surface area (Å²) in [6.45, 7) is 4.00. The van der Waals surface area contributed by atoms with Crippen molar-refractivity contribution < 1.29 is 4.79 Å². The zero-order valence-corrected chi connectivity index (χ0v) is 11.8. The van der Waals surface area contributed by atoms with Crippen LogP contribution in [-0.2, 0) is 4.79 Å². The van der Waals surface area contributed by atoms with Crippen molar-refractivity contribution in [2.75, 3.05) is 5.32 Å². The van der Waals surface area contributed by atoms with Crippen LogP contribution in [0.25, 0.3) is 11.3 Å². The monoisotopic (exact) mass is 272 g/mol. The Bertz CT molecular complexity index is 548. The van der Waals surface area contributed by atoms with Crippen LogP contribution in [0.5, 0.6) is 0 Å². The summed E-state index contributed by atoms with van der Waals surface area (Å²) < 4.78 is 0. The molecule has 0 aliphatic heterocycles. The molecule has 0 radical (unpaired) electrons. The molecule has 0 aliphatic rings. The number of nitrogens with two attached hydrogens (primary N) is 1. The topological polar surface area (TPSA) is 83.8 Å². The molecule has 2 aromatic rings. The molecule has 0 spiro atoms. The third-order valence-electron chi connectivity index (χ3n) is 3.52. The van der Waals surface area contributed by atoms with Gasteiger partial charge in [-0.2, -0.15) is 5.10 Å². The molecule has 1 heterocycles. The van der Waals surface area contributed by atoms with Gasteiger partial charge < -0.3 is 11.1 Å². The van der Waals surface area contributed by atoms with Gasteiger partial charge in [0.1, 0.15) is 0 Å². The predicted molar refractivity (Wildman–Crippen MR) is 80.1 cm³/mol. The van der Waals surface area contributed by atoms with Gasteiger partial charge in [0, 0.05) is 11.9 Å². The minimum Gasteiger partial charge on any atom is -0.325 e. The average molecular weight is 272 g/mol. The zero-order valence-electron chi connectivity index (χ0n) is 11.8. The SMILES string of the molecule is CCC(C)C(N)C(=O)Nc1ccc(-c2ccn[nH]2)cc1. The number of hydrogen-bond donors (Lipinski definition) is 3. The van der Waals surface area contributed by atoms with Gasteiger partial charge in [-0.25, -0.2) is 0 Å². The maximum Gasteiger partial charge on any atom is 0.241 e. The number of rotatable bonds is 5. The molecule has 106 valence electrons. The fraction of sp³-hybridized carbons (Fsp3) is 0.333. The fourth-order valence-corrected chi connectivity index (χ4v) is 1.89. The molecule has 2 rings (SSSR count). The van der Waals surface area contributed by atoms with Crippen LogP contribution in [0.4, 0.5) is 5.69 Å². The number of aromatic nitrogens is 2. The van der Waals surface area contributed by atoms with E-state index in [-0.39, 0.29) is 11.8 Å². The Labute approximate surface area is 118 Å². The molecule has 1 amide bonds. The molecule has 2 atom stereocenters. The number of benzene rings is 1. The Morgan fingerprint density at radius 1 is 1.35 bits per heavy atom. The van der Waals surface area contributed by atoms with E-state index in [1.807, 2.05) is 44.2 Å². The van der Waals surface area contributed by atoms with E-state index in [1.165, 1.54) is 0 Å². The van der Waals surface area contributed by atoms with Crippen molar-refractivity contribution in [1.29, 1.82) is 0 Å². The summed E-state index contributed by atoms with van der Waals surface area (Å²) in [6, 6.07) is 8.99. The minimum atomic E-state index is -0.479. The van der Waals surface area contributed by atoms with Gasteiger partial charge in [0.25, 0.3) is 0 Å². The van der Waals surface area contributed by atoms with E-state index >= 15 is 0 Å². The highest BCUT2D eigenvalue weighted by atomic mass is 16.2. The average Bonchev–Trinajstić information content (AvgIpc) is 3.00. The van der Waals surface area contributed by atoms with Crippen LogP contribution >= 0.6 is 0 Å². The summed E-state index contributed by atoms with van der Waals surface area (Å²) in [5.41, 5.74) is 8.61. The van der Waals surface area contributed by atoms with Crippen LogP contribution in [0.1, 0.15) is 20.3 Å². The number of hydrogen-bond acceptors (Lipinski definition) is 3. The first kappa shape index (κ1) is 14.3. The van der Waals surface area contributed by atoms with E-state index in [9.17, 15) is 4.79 Å². The van der Waals surface area contributed by atoms with E-state index in [4.69, 9.17) is 5.73 Å². The summed E-state index contributed by atoms with van der Waals surface area (Å²) in [4.78, 5) is 12.0. The van der Waals surface area contributed by atoms with Gasteiger partial charge in [-0.15, -0.1) is 0 Å². The van der Waals surface area contributed by atoms with Gasteiger partial charge in [0.2, 0.25) is 5.91 Å². The van der Waals surface area contributed by atoms with Gasteiger partial charge in [-0.1, -0.05) is 32.4 Å². The number of nitrogens with zero attached hydrogens (tertiary/aromatic N) is 1. The van der Waals surface area contributed by atoms with Crippen LogP contribution in [0.3, 0.4) is 0 Å². The number of anilines is 1. The first-order valence-corrected chi connectivity index (χ1v) is 6.78. The highest BCUT2D eigenvalue weighted by Crippen LogP contribution is 2.19. The van der Waals surface area contributed by atoms with Crippen molar-refractivity contribution >= 4 is 11.6 Å². The molecule has 0 aliphatic carbocycles. The molecule has 4 N–H and O–H groups in total. The van der Waals surface area contributed by atoms with Gasteiger partial charge in [-0.05, 0) is 29.7 Å². The molecule has 0 fully saturated rings. The first-order chi connectivity index (χ1) is 9.61. The second-order valence-electron chi connectivity index (χ2n) is 4.95. The lowest BCUT2D eigenvalue weighted by Crippen LogP contribution is -2.40. The zero-order chi connectivity index (χ0) is 14.5. The van der Waals surface area contributed by atoms with Crippen LogP contribution < -0.4 is 11.1 Å². The van der Waals surface area contributed by atoms with Crippen LogP contribution in [0, 0.1) is 5.92 Å². The number of carbonyl (C=O) groups excluding carboxylic acids is 1. The Hall–Kier alpha value is -2.14. The fourth-order valence-electron chi connectivity index (χ4n) is 1.89. The summed E-state index contributed by atoms with van der Waals surface area (Å²) >= 11 is 0. The molecule has 0 saturated heterocycles. The lowest BCUT2D eigenvalue weighted by atomic mass is 9.99. The van der Waals surface area contributed by atoms with Gasteiger partial charge >= 0.3 is 0 Å². The third kappa shape index (κ3) is 3.24. The van der Waals surface area contributed by atoms with Crippen LogP contribution in [0.15, 0.2) is 36.5 Å². The Balaban J connectivity index is 2.02. The van der Waals surface area contributed by atoms with Crippen molar-refractivity contribution in [2.45, 2.75) is 26.3 Å². The van der Waals surface area contributed by atoms with Crippen molar-refractivity contribution in [3.05, 3.63) is 36.5 Å². The van der Waals surface area contributed by atoms with Crippen molar-refractivity contribution in [3.63, 3.8) is 0 Å². The summed E-state index contributed by atoms with van der Waals surface area (Å²) in [7, 11) is 0. The van der Waals surface area contributed by atoms with E-state index in [2.05, 4.69) is 15.5 Å². The highest BCUT2D eigenvalue weighted by Gasteiger charge is 2.19.